The highest BCUT2D eigenvalue weighted by molar-refractivity contribution is 8.15. The van der Waals surface area contributed by atoms with Gasteiger partial charge in [-0.05, 0) is 24.1 Å². The number of rotatable bonds is 10. The van der Waals surface area contributed by atoms with Crippen LogP contribution in [0.1, 0.15) is 12.0 Å². The number of ether oxygens (including phenoxy) is 3. The van der Waals surface area contributed by atoms with E-state index in [1.54, 1.807) is 21.3 Å². The quantitative estimate of drug-likeness (QED) is 0.573. The van der Waals surface area contributed by atoms with Crippen molar-refractivity contribution in [2.45, 2.75) is 18.1 Å². The molecule has 148 valence electrons. The molecule has 1 aromatic carbocycles. The lowest BCUT2D eigenvalue weighted by atomic mass is 10.1. The largest absolute Gasteiger partial charge is 0.493 e. The molecule has 0 aromatic heterocycles. The third-order valence-corrected chi connectivity index (χ3v) is 5.00. The number of carbonyl (C=O) groups excluding carboxylic acids is 2. The second-order valence-electron chi connectivity index (χ2n) is 5.77. The summed E-state index contributed by atoms with van der Waals surface area (Å²) >= 11 is 1.28. The number of amidine groups is 1. The normalized spacial score (nSPS) is 17.7. The summed E-state index contributed by atoms with van der Waals surface area (Å²) in [5.41, 5.74) is 1.02. The van der Waals surface area contributed by atoms with Gasteiger partial charge in [0.05, 0.1) is 27.4 Å². The lowest BCUT2D eigenvalue weighted by Crippen LogP contribution is -2.32. The van der Waals surface area contributed by atoms with E-state index >= 15 is 0 Å². The summed E-state index contributed by atoms with van der Waals surface area (Å²) in [7, 11) is 4.76. The number of aliphatic imine (C=N–C) groups is 1. The Kier molecular flexibility index (Phi) is 8.41. The first-order valence-electron chi connectivity index (χ1n) is 8.56. The molecule has 2 rings (SSSR count). The van der Waals surface area contributed by atoms with Gasteiger partial charge in [-0.3, -0.25) is 14.6 Å². The van der Waals surface area contributed by atoms with Gasteiger partial charge in [0.1, 0.15) is 5.25 Å². The van der Waals surface area contributed by atoms with E-state index in [1.165, 1.54) is 11.8 Å². The fraction of sp³-hybridized carbons (Fsp3) is 0.500. The predicted octanol–water partition coefficient (Wildman–Crippen LogP) is 0.987. The first-order valence-corrected chi connectivity index (χ1v) is 9.43. The van der Waals surface area contributed by atoms with Crippen LogP contribution in [0.15, 0.2) is 23.2 Å². The van der Waals surface area contributed by atoms with Crippen molar-refractivity contribution in [3.8, 4) is 11.5 Å². The molecule has 0 radical (unpaired) electrons. The van der Waals surface area contributed by atoms with Crippen LogP contribution in [0.5, 0.6) is 11.5 Å². The van der Waals surface area contributed by atoms with Gasteiger partial charge in [0.2, 0.25) is 11.8 Å². The van der Waals surface area contributed by atoms with Gasteiger partial charge in [-0.1, -0.05) is 17.8 Å². The number of nitrogens with one attached hydrogen (secondary N) is 2. The number of hydrogen-bond donors (Lipinski definition) is 2. The van der Waals surface area contributed by atoms with Crippen molar-refractivity contribution in [3.63, 3.8) is 0 Å². The minimum Gasteiger partial charge on any atom is -0.493 e. The molecule has 0 aliphatic carbocycles. The van der Waals surface area contributed by atoms with Gasteiger partial charge in [0.25, 0.3) is 0 Å². The van der Waals surface area contributed by atoms with Crippen molar-refractivity contribution in [3.05, 3.63) is 23.8 Å². The van der Waals surface area contributed by atoms with E-state index in [-0.39, 0.29) is 18.2 Å². The van der Waals surface area contributed by atoms with E-state index in [4.69, 9.17) is 14.2 Å². The van der Waals surface area contributed by atoms with Crippen molar-refractivity contribution in [2.24, 2.45) is 4.99 Å². The Hall–Kier alpha value is -2.26. The summed E-state index contributed by atoms with van der Waals surface area (Å²) < 4.78 is 15.4. The van der Waals surface area contributed by atoms with Crippen molar-refractivity contribution in [1.82, 2.24) is 10.6 Å². The molecule has 9 heteroatoms. The summed E-state index contributed by atoms with van der Waals surface area (Å²) in [5.74, 6) is 0.964. The van der Waals surface area contributed by atoms with Crippen LogP contribution < -0.4 is 20.1 Å². The van der Waals surface area contributed by atoms with E-state index in [9.17, 15) is 9.59 Å². The van der Waals surface area contributed by atoms with Crippen LogP contribution in [-0.4, -0.2) is 63.3 Å². The standard InChI is InChI=1S/C18H25N3O5S/c1-24-9-8-20-18-21-17(23)15(27-18)11-16(22)19-7-6-12-4-5-13(25-2)14(10-12)26-3/h4-5,10,15H,6-9,11H2,1-3H3,(H,19,22)(H,20,21,23). The Morgan fingerprint density at radius 3 is 2.74 bits per heavy atom. The molecule has 0 bridgehead atoms. The zero-order chi connectivity index (χ0) is 19.6. The van der Waals surface area contributed by atoms with Crippen LogP contribution in [0.3, 0.4) is 0 Å². The summed E-state index contributed by atoms with van der Waals surface area (Å²) in [6.45, 7) is 1.44. The molecule has 1 atom stereocenters. The van der Waals surface area contributed by atoms with Gasteiger partial charge in [-0.25, -0.2) is 0 Å². The molecule has 8 nitrogen and oxygen atoms in total. The predicted molar refractivity (Wildman–Crippen MR) is 105 cm³/mol. The average molecular weight is 395 g/mol. The number of hydrogen-bond acceptors (Lipinski definition) is 7. The number of thioether (sulfide) groups is 1. The van der Waals surface area contributed by atoms with Crippen LogP contribution in [0, 0.1) is 0 Å². The first kappa shape index (κ1) is 21.0. The molecular formula is C18H25N3O5S. The van der Waals surface area contributed by atoms with E-state index in [2.05, 4.69) is 15.6 Å². The molecule has 1 fully saturated rings. The third-order valence-electron chi connectivity index (χ3n) is 3.88. The maximum atomic E-state index is 12.1. The molecule has 0 saturated carbocycles. The highest BCUT2D eigenvalue weighted by Gasteiger charge is 2.31. The number of nitrogens with zero attached hydrogens (tertiary/aromatic N) is 1. The number of benzene rings is 1. The van der Waals surface area contributed by atoms with E-state index < -0.39 is 5.25 Å². The fourth-order valence-corrected chi connectivity index (χ4v) is 3.47. The molecule has 1 saturated heterocycles. The first-order chi connectivity index (χ1) is 13.1. The molecule has 0 spiro atoms. The van der Waals surface area contributed by atoms with Crippen molar-refractivity contribution in [1.29, 1.82) is 0 Å². The smallest absolute Gasteiger partial charge is 0.240 e. The van der Waals surface area contributed by atoms with Crippen LogP contribution in [0.2, 0.25) is 0 Å². The molecule has 1 unspecified atom stereocenters. The highest BCUT2D eigenvalue weighted by Crippen LogP contribution is 2.27. The van der Waals surface area contributed by atoms with Gasteiger partial charge in [-0.2, -0.15) is 0 Å². The Morgan fingerprint density at radius 2 is 2.04 bits per heavy atom. The van der Waals surface area contributed by atoms with E-state index in [1.807, 2.05) is 18.2 Å². The van der Waals surface area contributed by atoms with Crippen LogP contribution in [0.25, 0.3) is 0 Å². The molecule has 1 aliphatic rings. The minimum absolute atomic E-state index is 0.117. The molecule has 2 N–H and O–H groups in total. The van der Waals surface area contributed by atoms with Gasteiger partial charge in [0.15, 0.2) is 16.7 Å². The average Bonchev–Trinajstić information content (AvgIpc) is 3.01. The molecule has 1 heterocycles. The SMILES string of the molecule is COCCN=C1NC(=O)C(CC(=O)NCCc2ccc(OC)c(OC)c2)S1. The Balaban J connectivity index is 1.76. The zero-order valence-corrected chi connectivity index (χ0v) is 16.6. The van der Waals surface area contributed by atoms with Gasteiger partial charge in [-0.15, -0.1) is 0 Å². The van der Waals surface area contributed by atoms with Crippen molar-refractivity contribution >= 4 is 28.7 Å². The second kappa shape index (κ2) is 10.8. The second-order valence-corrected chi connectivity index (χ2v) is 6.96. The topological polar surface area (TPSA) is 98.2 Å². The molecule has 1 aliphatic heterocycles. The van der Waals surface area contributed by atoms with Gasteiger partial charge >= 0.3 is 0 Å². The summed E-state index contributed by atoms with van der Waals surface area (Å²) in [6, 6.07) is 5.64. The third kappa shape index (κ3) is 6.44. The molecule has 2 amide bonds. The van der Waals surface area contributed by atoms with Crippen molar-refractivity contribution < 1.29 is 23.8 Å². The van der Waals surface area contributed by atoms with Crippen LogP contribution in [-0.2, 0) is 20.7 Å². The maximum Gasteiger partial charge on any atom is 0.240 e. The molecule has 1 aromatic rings. The Morgan fingerprint density at radius 1 is 1.26 bits per heavy atom. The highest BCUT2D eigenvalue weighted by atomic mass is 32.2. The van der Waals surface area contributed by atoms with Crippen LogP contribution in [0.4, 0.5) is 0 Å². The molecule has 27 heavy (non-hydrogen) atoms. The van der Waals surface area contributed by atoms with Gasteiger partial charge in [0, 0.05) is 20.1 Å². The zero-order valence-electron chi connectivity index (χ0n) is 15.7. The number of methoxy groups -OCH3 is 3. The minimum atomic E-state index is -0.452. The summed E-state index contributed by atoms with van der Waals surface area (Å²) in [4.78, 5) is 28.3. The van der Waals surface area contributed by atoms with E-state index in [0.717, 1.165) is 5.56 Å². The van der Waals surface area contributed by atoms with Crippen molar-refractivity contribution in [2.75, 3.05) is 41.0 Å². The lowest BCUT2D eigenvalue weighted by molar-refractivity contribution is -0.125. The van der Waals surface area contributed by atoms with Crippen LogP contribution >= 0.6 is 11.8 Å². The van der Waals surface area contributed by atoms with E-state index in [0.29, 0.717) is 42.8 Å². The lowest BCUT2D eigenvalue weighted by Gasteiger charge is -2.10. The Labute approximate surface area is 163 Å². The monoisotopic (exact) mass is 395 g/mol. The fourth-order valence-electron chi connectivity index (χ4n) is 2.48. The number of amides is 2. The number of carbonyl (C=O) groups is 2. The maximum absolute atomic E-state index is 12.1. The Bertz CT molecular complexity index is 696. The molecular weight excluding hydrogens is 370 g/mol. The summed E-state index contributed by atoms with van der Waals surface area (Å²) in [6.07, 6.45) is 0.769. The summed E-state index contributed by atoms with van der Waals surface area (Å²) in [5, 5.41) is 5.62. The van der Waals surface area contributed by atoms with Gasteiger partial charge < -0.3 is 24.8 Å².